The Hall–Kier alpha value is -3.00. The molecule has 1 aromatic carbocycles. The van der Waals surface area contributed by atoms with Gasteiger partial charge in [0, 0.05) is 19.3 Å². The third-order valence-electron chi connectivity index (χ3n) is 6.44. The Morgan fingerprint density at radius 1 is 1.23 bits per heavy atom. The molecule has 3 aliphatic heterocycles. The standard InChI is InChI=1S/C23H26N4O4/c1-15-3-4-19-18(11-15)27(21(29)14-30-19)13-20(28)26-8-6-23(7-9-26)22-17(5-10-31-23)12-24-16(2)25-22/h3-4,11-12H,5-10,13-14H2,1-2H3. The molecule has 0 unspecified atom stereocenters. The van der Waals surface area contributed by atoms with Crippen molar-refractivity contribution in [3.05, 3.63) is 47.0 Å². The predicted molar refractivity (Wildman–Crippen MR) is 113 cm³/mol. The summed E-state index contributed by atoms with van der Waals surface area (Å²) in [5.74, 6) is 1.11. The van der Waals surface area contributed by atoms with Crippen LogP contribution in [0.3, 0.4) is 0 Å². The van der Waals surface area contributed by atoms with E-state index in [0.717, 1.165) is 29.1 Å². The fourth-order valence-electron chi connectivity index (χ4n) is 4.72. The van der Waals surface area contributed by atoms with E-state index in [1.54, 1.807) is 4.90 Å². The lowest BCUT2D eigenvalue weighted by molar-refractivity contribution is -0.141. The maximum Gasteiger partial charge on any atom is 0.265 e. The number of benzene rings is 1. The Morgan fingerprint density at radius 3 is 2.84 bits per heavy atom. The second-order valence-corrected chi connectivity index (χ2v) is 8.50. The zero-order valence-corrected chi connectivity index (χ0v) is 17.9. The van der Waals surface area contributed by atoms with Gasteiger partial charge < -0.3 is 14.4 Å². The smallest absolute Gasteiger partial charge is 0.265 e. The summed E-state index contributed by atoms with van der Waals surface area (Å²) in [6, 6.07) is 5.67. The van der Waals surface area contributed by atoms with Gasteiger partial charge in [-0.3, -0.25) is 14.5 Å². The van der Waals surface area contributed by atoms with Gasteiger partial charge in [0.05, 0.1) is 18.0 Å². The number of aryl methyl sites for hydroxylation is 2. The molecule has 0 aliphatic carbocycles. The number of ether oxygens (including phenoxy) is 2. The number of anilines is 1. The van der Waals surface area contributed by atoms with Gasteiger partial charge in [-0.2, -0.15) is 0 Å². The van der Waals surface area contributed by atoms with E-state index in [4.69, 9.17) is 14.5 Å². The number of carbonyl (C=O) groups excluding carboxylic acids is 2. The minimum atomic E-state index is -0.448. The average Bonchev–Trinajstić information content (AvgIpc) is 2.77. The molecule has 2 aromatic rings. The molecule has 0 bridgehead atoms. The van der Waals surface area contributed by atoms with Crippen molar-refractivity contribution in [1.29, 1.82) is 0 Å². The molecule has 1 fully saturated rings. The first-order chi connectivity index (χ1) is 14.9. The van der Waals surface area contributed by atoms with Crippen molar-refractivity contribution in [2.75, 3.05) is 37.7 Å². The minimum absolute atomic E-state index is 0.0182. The zero-order chi connectivity index (χ0) is 21.6. The molecule has 5 rings (SSSR count). The largest absolute Gasteiger partial charge is 0.482 e. The molecule has 4 heterocycles. The van der Waals surface area contributed by atoms with Crippen LogP contribution in [0.2, 0.25) is 0 Å². The minimum Gasteiger partial charge on any atom is -0.482 e. The first kappa shape index (κ1) is 19.9. The van der Waals surface area contributed by atoms with Crippen molar-refractivity contribution < 1.29 is 19.1 Å². The molecule has 0 radical (unpaired) electrons. The van der Waals surface area contributed by atoms with Crippen LogP contribution in [0.25, 0.3) is 0 Å². The van der Waals surface area contributed by atoms with E-state index < -0.39 is 5.60 Å². The molecular formula is C23H26N4O4. The third kappa shape index (κ3) is 3.54. The predicted octanol–water partition coefficient (Wildman–Crippen LogP) is 1.91. The molecule has 1 aromatic heterocycles. The lowest BCUT2D eigenvalue weighted by Gasteiger charge is -2.44. The number of piperidine rings is 1. The molecule has 1 spiro atoms. The number of likely N-dealkylation sites (tertiary alicyclic amines) is 1. The van der Waals surface area contributed by atoms with E-state index in [1.165, 1.54) is 0 Å². The molecule has 8 nitrogen and oxygen atoms in total. The highest BCUT2D eigenvalue weighted by Gasteiger charge is 2.43. The van der Waals surface area contributed by atoms with E-state index in [0.29, 0.717) is 44.0 Å². The number of nitrogens with zero attached hydrogens (tertiary/aromatic N) is 4. The van der Waals surface area contributed by atoms with Gasteiger partial charge in [0.1, 0.15) is 23.7 Å². The Bertz CT molecular complexity index is 1050. The number of amides is 2. The Kier molecular flexibility index (Phi) is 4.89. The van der Waals surface area contributed by atoms with Crippen LogP contribution in [-0.2, 0) is 26.3 Å². The van der Waals surface area contributed by atoms with E-state index in [1.807, 2.05) is 43.1 Å². The van der Waals surface area contributed by atoms with Crippen molar-refractivity contribution in [3.8, 4) is 5.75 Å². The maximum atomic E-state index is 13.1. The number of hydrogen-bond donors (Lipinski definition) is 0. The summed E-state index contributed by atoms with van der Waals surface area (Å²) in [4.78, 5) is 38.0. The number of hydrogen-bond acceptors (Lipinski definition) is 6. The highest BCUT2D eigenvalue weighted by atomic mass is 16.5. The summed E-state index contributed by atoms with van der Waals surface area (Å²) < 4.78 is 11.8. The summed E-state index contributed by atoms with van der Waals surface area (Å²) in [6.07, 6.45) is 4.10. The number of aromatic nitrogens is 2. The van der Waals surface area contributed by atoms with E-state index >= 15 is 0 Å². The monoisotopic (exact) mass is 422 g/mol. The second kappa shape index (κ2) is 7.60. The topological polar surface area (TPSA) is 84.9 Å². The van der Waals surface area contributed by atoms with Crippen LogP contribution in [0.15, 0.2) is 24.4 Å². The third-order valence-corrected chi connectivity index (χ3v) is 6.44. The van der Waals surface area contributed by atoms with Gasteiger partial charge in [-0.15, -0.1) is 0 Å². The summed E-state index contributed by atoms with van der Waals surface area (Å²) in [5, 5.41) is 0. The molecular weight excluding hydrogens is 396 g/mol. The van der Waals surface area contributed by atoms with Gasteiger partial charge in [-0.1, -0.05) is 6.07 Å². The lowest BCUT2D eigenvalue weighted by Crippen LogP contribution is -2.52. The highest BCUT2D eigenvalue weighted by Crippen LogP contribution is 2.40. The number of rotatable bonds is 2. The molecule has 2 amide bonds. The second-order valence-electron chi connectivity index (χ2n) is 8.50. The Balaban J connectivity index is 1.31. The van der Waals surface area contributed by atoms with Gasteiger partial charge in [0.2, 0.25) is 5.91 Å². The molecule has 0 saturated carbocycles. The van der Waals surface area contributed by atoms with E-state index in [9.17, 15) is 9.59 Å². The van der Waals surface area contributed by atoms with Crippen molar-refractivity contribution in [2.24, 2.45) is 0 Å². The molecule has 8 heteroatoms. The van der Waals surface area contributed by atoms with Crippen LogP contribution in [0.1, 0.15) is 35.5 Å². The molecule has 162 valence electrons. The number of carbonyl (C=O) groups is 2. The van der Waals surface area contributed by atoms with E-state index in [-0.39, 0.29) is 25.0 Å². The first-order valence-corrected chi connectivity index (χ1v) is 10.7. The van der Waals surface area contributed by atoms with Crippen LogP contribution < -0.4 is 9.64 Å². The summed E-state index contributed by atoms with van der Waals surface area (Å²) in [5.41, 5.74) is 3.35. The Morgan fingerprint density at radius 2 is 2.03 bits per heavy atom. The molecule has 0 atom stereocenters. The average molecular weight is 422 g/mol. The fourth-order valence-corrected chi connectivity index (χ4v) is 4.72. The molecule has 31 heavy (non-hydrogen) atoms. The summed E-state index contributed by atoms with van der Waals surface area (Å²) >= 11 is 0. The number of fused-ring (bicyclic) bond motifs is 3. The van der Waals surface area contributed by atoms with Crippen molar-refractivity contribution in [2.45, 2.75) is 38.7 Å². The summed E-state index contributed by atoms with van der Waals surface area (Å²) in [6.45, 7) is 5.60. The lowest BCUT2D eigenvalue weighted by atomic mass is 9.83. The van der Waals surface area contributed by atoms with Gasteiger partial charge in [-0.05, 0) is 56.4 Å². The molecule has 1 saturated heterocycles. The van der Waals surface area contributed by atoms with Gasteiger partial charge in [-0.25, -0.2) is 9.97 Å². The van der Waals surface area contributed by atoms with Crippen LogP contribution in [0.5, 0.6) is 5.75 Å². The van der Waals surface area contributed by atoms with Crippen LogP contribution in [0, 0.1) is 13.8 Å². The SMILES string of the molecule is Cc1ccc2c(c1)N(CC(=O)N1CCC3(CC1)OCCc1cnc(C)nc13)C(=O)CO2. The zero-order valence-electron chi connectivity index (χ0n) is 17.9. The quantitative estimate of drug-likeness (QED) is 0.735. The molecule has 0 N–H and O–H groups in total. The van der Waals surface area contributed by atoms with Crippen molar-refractivity contribution in [1.82, 2.24) is 14.9 Å². The normalized spacial score (nSPS) is 19.6. The molecule has 3 aliphatic rings. The van der Waals surface area contributed by atoms with Crippen LogP contribution in [-0.4, -0.2) is 59.5 Å². The van der Waals surface area contributed by atoms with Gasteiger partial charge in [0.15, 0.2) is 6.61 Å². The van der Waals surface area contributed by atoms with Gasteiger partial charge in [0.25, 0.3) is 5.91 Å². The van der Waals surface area contributed by atoms with Crippen LogP contribution in [0.4, 0.5) is 5.69 Å². The van der Waals surface area contributed by atoms with Gasteiger partial charge >= 0.3 is 0 Å². The van der Waals surface area contributed by atoms with E-state index in [2.05, 4.69) is 4.98 Å². The van der Waals surface area contributed by atoms with Crippen molar-refractivity contribution >= 4 is 17.5 Å². The van der Waals surface area contributed by atoms with Crippen molar-refractivity contribution in [3.63, 3.8) is 0 Å². The first-order valence-electron chi connectivity index (χ1n) is 10.7. The maximum absolute atomic E-state index is 13.1. The van der Waals surface area contributed by atoms with Crippen LogP contribution >= 0.6 is 0 Å². The highest BCUT2D eigenvalue weighted by molar-refractivity contribution is 6.02. The summed E-state index contributed by atoms with van der Waals surface area (Å²) in [7, 11) is 0. The Labute approximate surface area is 181 Å². The fraction of sp³-hybridized carbons (Fsp3) is 0.478.